The molecule has 0 bridgehead atoms. The lowest BCUT2D eigenvalue weighted by atomic mass is 10.0. The predicted molar refractivity (Wildman–Crippen MR) is 38.5 cm³/mol. The standard InChI is InChI=1S/C8H10O4/c9-4-5-3-7-6(11-5)1-2-8(10)12-7/h4-7H,1-3H2. The van der Waals surface area contributed by atoms with E-state index in [0.29, 0.717) is 19.3 Å². The first-order valence-electron chi connectivity index (χ1n) is 4.10. The molecule has 4 nitrogen and oxygen atoms in total. The molecule has 0 N–H and O–H groups in total. The highest BCUT2D eigenvalue weighted by Gasteiger charge is 2.40. The molecule has 2 aliphatic heterocycles. The van der Waals surface area contributed by atoms with Crippen molar-refractivity contribution in [3.8, 4) is 0 Å². The third-order valence-corrected chi connectivity index (χ3v) is 2.30. The highest BCUT2D eigenvalue weighted by molar-refractivity contribution is 5.70. The minimum atomic E-state index is -0.370. The van der Waals surface area contributed by atoms with E-state index in [-0.39, 0.29) is 24.3 Å². The monoisotopic (exact) mass is 170 g/mol. The summed E-state index contributed by atoms with van der Waals surface area (Å²) in [5, 5.41) is 0. The van der Waals surface area contributed by atoms with Crippen molar-refractivity contribution < 1.29 is 19.1 Å². The predicted octanol–water partition coefficient (Wildman–Crippen LogP) is 0.0484. The van der Waals surface area contributed by atoms with Gasteiger partial charge in [-0.3, -0.25) is 4.79 Å². The maximum absolute atomic E-state index is 10.8. The van der Waals surface area contributed by atoms with Crippen molar-refractivity contribution in [2.75, 3.05) is 0 Å². The van der Waals surface area contributed by atoms with Crippen molar-refractivity contribution in [3.63, 3.8) is 0 Å². The van der Waals surface area contributed by atoms with Crippen molar-refractivity contribution in [2.24, 2.45) is 0 Å². The van der Waals surface area contributed by atoms with Crippen LogP contribution in [0.4, 0.5) is 0 Å². The fourth-order valence-corrected chi connectivity index (χ4v) is 1.70. The molecule has 3 unspecified atom stereocenters. The molecular formula is C8H10O4. The first-order valence-corrected chi connectivity index (χ1v) is 4.10. The molecule has 0 spiro atoms. The molecule has 4 heteroatoms. The lowest BCUT2D eigenvalue weighted by molar-refractivity contribution is -0.159. The van der Waals surface area contributed by atoms with Crippen LogP contribution in [0.1, 0.15) is 19.3 Å². The van der Waals surface area contributed by atoms with Gasteiger partial charge in [-0.25, -0.2) is 0 Å². The minimum Gasteiger partial charge on any atom is -0.459 e. The van der Waals surface area contributed by atoms with Gasteiger partial charge in [-0.2, -0.15) is 0 Å². The van der Waals surface area contributed by atoms with Gasteiger partial charge in [0.1, 0.15) is 18.5 Å². The van der Waals surface area contributed by atoms with Gasteiger partial charge in [-0.15, -0.1) is 0 Å². The third-order valence-electron chi connectivity index (χ3n) is 2.30. The summed E-state index contributed by atoms with van der Waals surface area (Å²) in [5.74, 6) is -0.175. The minimum absolute atomic E-state index is 0.0436. The smallest absolute Gasteiger partial charge is 0.306 e. The van der Waals surface area contributed by atoms with Crippen LogP contribution >= 0.6 is 0 Å². The summed E-state index contributed by atoms with van der Waals surface area (Å²) in [4.78, 5) is 21.2. The van der Waals surface area contributed by atoms with Crippen LogP contribution in [-0.2, 0) is 19.1 Å². The van der Waals surface area contributed by atoms with E-state index >= 15 is 0 Å². The topological polar surface area (TPSA) is 52.6 Å². The van der Waals surface area contributed by atoms with E-state index in [4.69, 9.17) is 9.47 Å². The number of ether oxygens (including phenoxy) is 2. The van der Waals surface area contributed by atoms with E-state index in [2.05, 4.69) is 0 Å². The summed E-state index contributed by atoms with van der Waals surface area (Å²) < 4.78 is 10.3. The van der Waals surface area contributed by atoms with Gasteiger partial charge in [-0.05, 0) is 6.42 Å². The fraction of sp³-hybridized carbons (Fsp3) is 0.750. The van der Waals surface area contributed by atoms with Crippen LogP contribution in [0, 0.1) is 0 Å². The zero-order valence-electron chi connectivity index (χ0n) is 6.56. The molecule has 3 atom stereocenters. The number of carbonyl (C=O) groups is 2. The second kappa shape index (κ2) is 2.86. The van der Waals surface area contributed by atoms with Crippen molar-refractivity contribution in [1.29, 1.82) is 0 Å². The number of esters is 1. The van der Waals surface area contributed by atoms with Gasteiger partial charge in [0, 0.05) is 12.8 Å². The molecule has 2 fully saturated rings. The number of hydrogen-bond acceptors (Lipinski definition) is 4. The maximum Gasteiger partial charge on any atom is 0.306 e. The van der Waals surface area contributed by atoms with Crippen LogP contribution in [0.5, 0.6) is 0 Å². The molecule has 0 amide bonds. The summed E-state index contributed by atoms with van der Waals surface area (Å²) in [6.07, 6.45) is 1.80. The van der Waals surface area contributed by atoms with Crippen molar-refractivity contribution in [1.82, 2.24) is 0 Å². The third kappa shape index (κ3) is 1.22. The molecule has 2 aliphatic rings. The zero-order chi connectivity index (χ0) is 8.55. The van der Waals surface area contributed by atoms with Gasteiger partial charge in [-0.1, -0.05) is 0 Å². The van der Waals surface area contributed by atoms with Crippen LogP contribution in [0.25, 0.3) is 0 Å². The van der Waals surface area contributed by atoms with Crippen LogP contribution in [0.2, 0.25) is 0 Å². The number of rotatable bonds is 1. The van der Waals surface area contributed by atoms with E-state index in [1.165, 1.54) is 0 Å². The number of aldehydes is 1. The normalized spacial score (nSPS) is 40.3. The molecule has 0 aromatic rings. The Kier molecular flexibility index (Phi) is 1.84. The SMILES string of the molecule is O=CC1CC2OC(=O)CCC2O1. The summed E-state index contributed by atoms with van der Waals surface area (Å²) in [6.45, 7) is 0. The van der Waals surface area contributed by atoms with Crippen molar-refractivity contribution in [3.05, 3.63) is 0 Å². The lowest BCUT2D eigenvalue weighted by Gasteiger charge is -2.23. The van der Waals surface area contributed by atoms with Crippen molar-refractivity contribution >= 4 is 12.3 Å². The Bertz CT molecular complexity index is 213. The van der Waals surface area contributed by atoms with Gasteiger partial charge >= 0.3 is 5.97 Å². The Morgan fingerprint density at radius 3 is 3.00 bits per heavy atom. The molecular weight excluding hydrogens is 160 g/mol. The second-order valence-corrected chi connectivity index (χ2v) is 3.15. The Balaban J connectivity index is 2.02. The Hall–Kier alpha value is -0.900. The fourth-order valence-electron chi connectivity index (χ4n) is 1.70. The average Bonchev–Trinajstić information content (AvgIpc) is 2.46. The van der Waals surface area contributed by atoms with E-state index < -0.39 is 0 Å². The van der Waals surface area contributed by atoms with Gasteiger partial charge in [0.2, 0.25) is 0 Å². The number of hydrogen-bond donors (Lipinski definition) is 0. The van der Waals surface area contributed by atoms with Crippen LogP contribution < -0.4 is 0 Å². The Morgan fingerprint density at radius 1 is 1.42 bits per heavy atom. The van der Waals surface area contributed by atoms with Crippen LogP contribution in [0.15, 0.2) is 0 Å². The second-order valence-electron chi connectivity index (χ2n) is 3.15. The van der Waals surface area contributed by atoms with Gasteiger partial charge in [0.05, 0.1) is 6.10 Å². The van der Waals surface area contributed by atoms with E-state index in [1.807, 2.05) is 0 Å². The largest absolute Gasteiger partial charge is 0.459 e. The highest BCUT2D eigenvalue weighted by atomic mass is 16.6. The molecule has 2 rings (SSSR count). The summed E-state index contributed by atoms with van der Waals surface area (Å²) in [7, 11) is 0. The number of carbonyl (C=O) groups excluding carboxylic acids is 2. The van der Waals surface area contributed by atoms with E-state index in [0.717, 1.165) is 6.29 Å². The molecule has 0 aliphatic carbocycles. The quantitative estimate of drug-likeness (QED) is 0.412. The Morgan fingerprint density at radius 2 is 2.25 bits per heavy atom. The molecule has 12 heavy (non-hydrogen) atoms. The summed E-state index contributed by atoms with van der Waals surface area (Å²) >= 11 is 0. The maximum atomic E-state index is 10.8. The molecule has 2 saturated heterocycles. The van der Waals surface area contributed by atoms with Crippen LogP contribution in [0.3, 0.4) is 0 Å². The summed E-state index contributed by atoms with van der Waals surface area (Å²) in [5.41, 5.74) is 0. The molecule has 0 aromatic carbocycles. The first kappa shape index (κ1) is 7.73. The van der Waals surface area contributed by atoms with E-state index in [1.54, 1.807) is 0 Å². The summed E-state index contributed by atoms with van der Waals surface area (Å²) in [6, 6.07) is 0. The van der Waals surface area contributed by atoms with Gasteiger partial charge in [0.25, 0.3) is 0 Å². The van der Waals surface area contributed by atoms with E-state index in [9.17, 15) is 9.59 Å². The zero-order valence-corrected chi connectivity index (χ0v) is 6.56. The molecule has 0 aromatic heterocycles. The van der Waals surface area contributed by atoms with Crippen LogP contribution in [-0.4, -0.2) is 30.6 Å². The van der Waals surface area contributed by atoms with Gasteiger partial charge in [0.15, 0.2) is 0 Å². The first-order chi connectivity index (χ1) is 5.79. The molecule has 66 valence electrons. The lowest BCUT2D eigenvalue weighted by Crippen LogP contribution is -2.32. The Labute approximate surface area is 69.8 Å². The number of fused-ring (bicyclic) bond motifs is 1. The van der Waals surface area contributed by atoms with Crippen molar-refractivity contribution in [2.45, 2.75) is 37.6 Å². The average molecular weight is 170 g/mol. The van der Waals surface area contributed by atoms with Gasteiger partial charge < -0.3 is 14.3 Å². The molecule has 0 radical (unpaired) electrons. The molecule has 2 heterocycles. The molecule has 0 saturated carbocycles. The highest BCUT2D eigenvalue weighted by Crippen LogP contribution is 2.29.